The molecule has 2 unspecified atom stereocenters. The van der Waals surface area contributed by atoms with Gasteiger partial charge in [-0.3, -0.25) is 9.89 Å². The molecule has 1 heterocycles. The number of hydrogen-bond acceptors (Lipinski definition) is 3. The van der Waals surface area contributed by atoms with Crippen LogP contribution in [-0.4, -0.2) is 62.8 Å². The molecule has 1 aliphatic heterocycles. The van der Waals surface area contributed by atoms with Gasteiger partial charge >= 0.3 is 0 Å². The number of rotatable bonds is 7. The molecule has 1 saturated heterocycles. The third-order valence-corrected chi connectivity index (χ3v) is 4.79. The van der Waals surface area contributed by atoms with Gasteiger partial charge in [0, 0.05) is 39.8 Å². The van der Waals surface area contributed by atoms with Crippen LogP contribution in [0.3, 0.4) is 0 Å². The third-order valence-electron chi connectivity index (χ3n) is 4.79. The predicted molar refractivity (Wildman–Crippen MR) is 102 cm³/mol. The normalized spacial score (nSPS) is 26.1. The van der Waals surface area contributed by atoms with E-state index in [1.165, 1.54) is 25.7 Å². The van der Waals surface area contributed by atoms with Gasteiger partial charge < -0.3 is 15.4 Å². The number of allylic oxidation sites excluding steroid dienone is 1. The Kier molecular flexibility index (Phi) is 8.60. The predicted octanol–water partition coefficient (Wildman–Crippen LogP) is 2.54. The highest BCUT2D eigenvalue weighted by molar-refractivity contribution is 5.79. The summed E-state index contributed by atoms with van der Waals surface area (Å²) in [4.78, 5) is 6.83. The maximum Gasteiger partial charge on any atom is 0.190 e. The van der Waals surface area contributed by atoms with Crippen LogP contribution >= 0.6 is 0 Å². The van der Waals surface area contributed by atoms with Crippen molar-refractivity contribution in [2.24, 2.45) is 4.99 Å². The van der Waals surface area contributed by atoms with Crippen molar-refractivity contribution >= 4 is 5.96 Å². The number of guanidine groups is 1. The van der Waals surface area contributed by atoms with Crippen LogP contribution in [0.2, 0.25) is 0 Å². The van der Waals surface area contributed by atoms with Gasteiger partial charge in [0.05, 0.1) is 12.2 Å². The molecule has 2 rings (SSSR count). The Hall–Kier alpha value is -1.07. The van der Waals surface area contributed by atoms with Crippen LogP contribution in [-0.2, 0) is 4.74 Å². The van der Waals surface area contributed by atoms with Crippen molar-refractivity contribution < 1.29 is 4.74 Å². The molecule has 2 N–H and O–H groups in total. The fraction of sp³-hybridized carbons (Fsp3) is 0.842. The Morgan fingerprint density at radius 1 is 1.21 bits per heavy atom. The first-order valence-electron chi connectivity index (χ1n) is 9.67. The summed E-state index contributed by atoms with van der Waals surface area (Å²) >= 11 is 0. The molecular formula is C19H36N4O. The number of morpholine rings is 1. The lowest BCUT2D eigenvalue weighted by Crippen LogP contribution is -2.46. The first-order valence-corrected chi connectivity index (χ1v) is 9.67. The van der Waals surface area contributed by atoms with Gasteiger partial charge in [0.2, 0.25) is 0 Å². The molecule has 0 radical (unpaired) electrons. The molecule has 0 bridgehead atoms. The highest BCUT2D eigenvalue weighted by Crippen LogP contribution is 2.19. The number of hydrogen-bond donors (Lipinski definition) is 2. The van der Waals surface area contributed by atoms with Crippen LogP contribution in [0.25, 0.3) is 0 Å². The standard InChI is InChI=1S/C19H36N4O/c1-16-14-23(15-17(2)24-16)13-7-11-21-19(20-3)22-12-10-18-8-5-4-6-9-18/h8,16-17H,4-7,9-15H2,1-3H3,(H2,20,21,22). The first-order chi connectivity index (χ1) is 11.7. The van der Waals surface area contributed by atoms with E-state index in [9.17, 15) is 0 Å². The minimum absolute atomic E-state index is 0.352. The number of aliphatic imine (C=N–C) groups is 1. The van der Waals surface area contributed by atoms with E-state index < -0.39 is 0 Å². The molecule has 1 aliphatic carbocycles. The van der Waals surface area contributed by atoms with E-state index in [4.69, 9.17) is 4.74 Å². The second-order valence-electron chi connectivity index (χ2n) is 7.15. The van der Waals surface area contributed by atoms with Crippen LogP contribution < -0.4 is 10.6 Å². The van der Waals surface area contributed by atoms with E-state index in [1.807, 2.05) is 7.05 Å². The third kappa shape index (κ3) is 7.22. The summed E-state index contributed by atoms with van der Waals surface area (Å²) in [5, 5.41) is 6.86. The Bertz CT molecular complexity index is 412. The second-order valence-corrected chi connectivity index (χ2v) is 7.15. The molecular weight excluding hydrogens is 300 g/mol. The zero-order valence-corrected chi connectivity index (χ0v) is 15.8. The lowest BCUT2D eigenvalue weighted by atomic mass is 9.97. The van der Waals surface area contributed by atoms with Gasteiger partial charge in [-0.05, 0) is 52.4 Å². The maximum atomic E-state index is 5.78. The van der Waals surface area contributed by atoms with Crippen LogP contribution in [0.5, 0.6) is 0 Å². The summed E-state index contributed by atoms with van der Waals surface area (Å²) in [6.45, 7) is 9.48. The van der Waals surface area contributed by atoms with E-state index >= 15 is 0 Å². The SMILES string of the molecule is CN=C(NCCCN1CC(C)OC(C)C1)NCCC1=CCCCC1. The highest BCUT2D eigenvalue weighted by Gasteiger charge is 2.21. The van der Waals surface area contributed by atoms with Gasteiger partial charge in [0.1, 0.15) is 0 Å². The molecule has 2 aliphatic rings. The fourth-order valence-electron chi connectivity index (χ4n) is 3.67. The van der Waals surface area contributed by atoms with Crippen LogP contribution in [0.4, 0.5) is 0 Å². The lowest BCUT2D eigenvalue weighted by Gasteiger charge is -2.35. The van der Waals surface area contributed by atoms with Gasteiger partial charge in [-0.2, -0.15) is 0 Å². The number of ether oxygens (including phenoxy) is 1. The molecule has 5 heteroatoms. The summed E-state index contributed by atoms with van der Waals surface area (Å²) in [7, 11) is 1.85. The molecule has 5 nitrogen and oxygen atoms in total. The van der Waals surface area contributed by atoms with Crippen molar-refractivity contribution in [3.8, 4) is 0 Å². The second kappa shape index (κ2) is 10.7. The average molecular weight is 337 g/mol. The molecule has 0 aromatic heterocycles. The molecule has 1 fully saturated rings. The monoisotopic (exact) mass is 336 g/mol. The van der Waals surface area contributed by atoms with E-state index in [1.54, 1.807) is 5.57 Å². The molecule has 0 saturated carbocycles. The fourth-order valence-corrected chi connectivity index (χ4v) is 3.67. The minimum Gasteiger partial charge on any atom is -0.373 e. The molecule has 24 heavy (non-hydrogen) atoms. The summed E-state index contributed by atoms with van der Waals surface area (Å²) in [5.74, 6) is 0.926. The van der Waals surface area contributed by atoms with Crippen molar-refractivity contribution in [1.29, 1.82) is 0 Å². The van der Waals surface area contributed by atoms with E-state index in [0.717, 1.165) is 51.5 Å². The van der Waals surface area contributed by atoms with Crippen molar-refractivity contribution in [3.05, 3.63) is 11.6 Å². The number of nitrogens with zero attached hydrogens (tertiary/aromatic N) is 2. The van der Waals surface area contributed by atoms with Crippen LogP contribution in [0, 0.1) is 0 Å². The van der Waals surface area contributed by atoms with Crippen molar-refractivity contribution in [2.45, 2.75) is 64.6 Å². The van der Waals surface area contributed by atoms with E-state index in [2.05, 4.69) is 40.4 Å². The molecule has 0 aromatic carbocycles. The zero-order chi connectivity index (χ0) is 17.2. The zero-order valence-electron chi connectivity index (χ0n) is 15.8. The van der Waals surface area contributed by atoms with Gasteiger partial charge in [-0.25, -0.2) is 0 Å². The van der Waals surface area contributed by atoms with Crippen LogP contribution in [0.1, 0.15) is 52.4 Å². The van der Waals surface area contributed by atoms with Gasteiger partial charge in [-0.15, -0.1) is 0 Å². The van der Waals surface area contributed by atoms with E-state index in [-0.39, 0.29) is 0 Å². The highest BCUT2D eigenvalue weighted by atomic mass is 16.5. The molecule has 138 valence electrons. The summed E-state index contributed by atoms with van der Waals surface area (Å²) in [6, 6.07) is 0. The average Bonchev–Trinajstić information content (AvgIpc) is 2.57. The smallest absolute Gasteiger partial charge is 0.190 e. The minimum atomic E-state index is 0.352. The number of nitrogens with one attached hydrogen (secondary N) is 2. The van der Waals surface area contributed by atoms with Gasteiger partial charge in [0.25, 0.3) is 0 Å². The molecule has 2 atom stereocenters. The topological polar surface area (TPSA) is 48.9 Å². The van der Waals surface area contributed by atoms with Crippen LogP contribution in [0.15, 0.2) is 16.6 Å². The molecule has 0 aromatic rings. The van der Waals surface area contributed by atoms with Crippen molar-refractivity contribution in [2.75, 3.05) is 39.8 Å². The first kappa shape index (κ1) is 19.3. The van der Waals surface area contributed by atoms with Gasteiger partial charge in [0.15, 0.2) is 5.96 Å². The van der Waals surface area contributed by atoms with Gasteiger partial charge in [-0.1, -0.05) is 11.6 Å². The largest absolute Gasteiger partial charge is 0.373 e. The Balaban J connectivity index is 1.55. The van der Waals surface area contributed by atoms with E-state index in [0.29, 0.717) is 12.2 Å². The Morgan fingerprint density at radius 2 is 1.96 bits per heavy atom. The quantitative estimate of drug-likeness (QED) is 0.325. The molecule has 0 spiro atoms. The van der Waals surface area contributed by atoms with Crippen molar-refractivity contribution in [3.63, 3.8) is 0 Å². The summed E-state index contributed by atoms with van der Waals surface area (Å²) in [5.41, 5.74) is 1.61. The summed E-state index contributed by atoms with van der Waals surface area (Å²) in [6.07, 6.45) is 10.7. The Labute approximate surface area is 147 Å². The lowest BCUT2D eigenvalue weighted by molar-refractivity contribution is -0.0679. The maximum absolute atomic E-state index is 5.78. The van der Waals surface area contributed by atoms with Crippen molar-refractivity contribution in [1.82, 2.24) is 15.5 Å². The Morgan fingerprint density at radius 3 is 2.62 bits per heavy atom. The summed E-state index contributed by atoms with van der Waals surface area (Å²) < 4.78 is 5.78. The molecule has 0 amide bonds.